The van der Waals surface area contributed by atoms with Gasteiger partial charge in [0.05, 0.1) is 16.3 Å². The summed E-state index contributed by atoms with van der Waals surface area (Å²) in [4.78, 5) is 4.41. The van der Waals surface area contributed by atoms with Gasteiger partial charge in [-0.3, -0.25) is 4.98 Å². The Labute approximate surface area is 101 Å². The van der Waals surface area contributed by atoms with Crippen molar-refractivity contribution in [2.24, 2.45) is 5.73 Å². The molecule has 0 spiro atoms. The second-order valence-electron chi connectivity index (χ2n) is 3.61. The highest BCUT2D eigenvalue weighted by Gasteiger charge is 2.10. The number of aromatic nitrogens is 1. The number of thiophene rings is 2. The van der Waals surface area contributed by atoms with E-state index in [0.717, 1.165) is 16.6 Å². The average Bonchev–Trinajstić information content (AvgIpc) is 2.98. The van der Waals surface area contributed by atoms with E-state index >= 15 is 0 Å². The van der Waals surface area contributed by atoms with Crippen LogP contribution in [-0.4, -0.2) is 4.98 Å². The summed E-state index contributed by atoms with van der Waals surface area (Å²) in [6.07, 6.45) is 1.87. The smallest absolute Gasteiger partial charge is 0.0809 e. The van der Waals surface area contributed by atoms with Gasteiger partial charge in [-0.05, 0) is 45.5 Å². The summed E-state index contributed by atoms with van der Waals surface area (Å²) in [7, 11) is 0. The number of hydrogen-bond acceptors (Lipinski definition) is 4. The van der Waals surface area contributed by atoms with Gasteiger partial charge < -0.3 is 5.73 Å². The molecule has 3 aromatic heterocycles. The Hall–Kier alpha value is -1.23. The largest absolute Gasteiger partial charge is 0.320 e. The lowest BCUT2D eigenvalue weighted by molar-refractivity contribution is 0.872. The molecule has 0 aromatic carbocycles. The van der Waals surface area contributed by atoms with Crippen molar-refractivity contribution in [1.29, 1.82) is 0 Å². The van der Waals surface area contributed by atoms with Crippen LogP contribution in [0.5, 0.6) is 0 Å². The summed E-state index contributed by atoms with van der Waals surface area (Å²) < 4.78 is 1.20. The lowest BCUT2D eigenvalue weighted by atomic mass is 10.0. The Balaban J connectivity index is 2.05. The molecule has 0 fully saturated rings. The van der Waals surface area contributed by atoms with Gasteiger partial charge in [-0.15, -0.1) is 11.3 Å². The van der Waals surface area contributed by atoms with Crippen LogP contribution in [-0.2, 0) is 0 Å². The summed E-state index contributed by atoms with van der Waals surface area (Å²) in [5.41, 5.74) is 9.47. The Morgan fingerprint density at radius 2 is 2.12 bits per heavy atom. The Morgan fingerprint density at radius 1 is 1.19 bits per heavy atom. The average molecular weight is 246 g/mol. The molecule has 0 saturated heterocycles. The van der Waals surface area contributed by atoms with E-state index in [9.17, 15) is 0 Å². The predicted molar refractivity (Wildman–Crippen MR) is 70.0 cm³/mol. The molecule has 2 nitrogen and oxygen atoms in total. The SMILES string of the molecule is NC(c1ccsc1)c1cnc2ccsc2c1. The van der Waals surface area contributed by atoms with Gasteiger partial charge in [-0.25, -0.2) is 0 Å². The first kappa shape index (κ1) is 9.96. The lowest BCUT2D eigenvalue weighted by Gasteiger charge is -2.09. The third kappa shape index (κ3) is 1.65. The third-order valence-electron chi connectivity index (χ3n) is 2.59. The van der Waals surface area contributed by atoms with Crippen LogP contribution in [0.15, 0.2) is 40.5 Å². The second-order valence-corrected chi connectivity index (χ2v) is 5.33. The van der Waals surface area contributed by atoms with Crippen LogP contribution in [0, 0.1) is 0 Å². The predicted octanol–water partition coefficient (Wildman–Crippen LogP) is 3.41. The van der Waals surface area contributed by atoms with Crippen LogP contribution in [0.1, 0.15) is 17.2 Å². The molecule has 0 saturated carbocycles. The van der Waals surface area contributed by atoms with Gasteiger partial charge in [0, 0.05) is 6.20 Å². The van der Waals surface area contributed by atoms with Crippen LogP contribution in [0.25, 0.3) is 10.2 Å². The molecular formula is C12H10N2S2. The van der Waals surface area contributed by atoms with Crippen LogP contribution in [0.3, 0.4) is 0 Å². The van der Waals surface area contributed by atoms with Crippen molar-refractivity contribution in [2.75, 3.05) is 0 Å². The third-order valence-corrected chi connectivity index (χ3v) is 4.14. The molecule has 16 heavy (non-hydrogen) atoms. The van der Waals surface area contributed by atoms with Crippen molar-refractivity contribution in [2.45, 2.75) is 6.04 Å². The van der Waals surface area contributed by atoms with E-state index in [0.29, 0.717) is 0 Å². The molecule has 3 rings (SSSR count). The van der Waals surface area contributed by atoms with Crippen molar-refractivity contribution in [1.82, 2.24) is 4.98 Å². The molecule has 0 aliphatic heterocycles. The summed E-state index contributed by atoms with van der Waals surface area (Å²) >= 11 is 3.37. The molecule has 0 aliphatic rings. The number of hydrogen-bond donors (Lipinski definition) is 1. The molecule has 0 aliphatic carbocycles. The minimum Gasteiger partial charge on any atom is -0.320 e. The van der Waals surface area contributed by atoms with Gasteiger partial charge in [0.25, 0.3) is 0 Å². The van der Waals surface area contributed by atoms with E-state index < -0.39 is 0 Å². The summed E-state index contributed by atoms with van der Waals surface area (Å²) in [6.45, 7) is 0. The molecule has 3 aromatic rings. The molecule has 0 radical (unpaired) electrons. The lowest BCUT2D eigenvalue weighted by Crippen LogP contribution is -2.10. The zero-order valence-electron chi connectivity index (χ0n) is 8.46. The van der Waals surface area contributed by atoms with Gasteiger partial charge in [-0.2, -0.15) is 11.3 Å². The van der Waals surface area contributed by atoms with Crippen LogP contribution in [0.2, 0.25) is 0 Å². The molecule has 1 unspecified atom stereocenters. The van der Waals surface area contributed by atoms with Crippen molar-refractivity contribution in [3.05, 3.63) is 51.7 Å². The number of nitrogens with zero attached hydrogens (tertiary/aromatic N) is 1. The van der Waals surface area contributed by atoms with Gasteiger partial charge in [0.2, 0.25) is 0 Å². The molecular weight excluding hydrogens is 236 g/mol. The second kappa shape index (κ2) is 3.97. The highest BCUT2D eigenvalue weighted by Crippen LogP contribution is 2.26. The van der Waals surface area contributed by atoms with E-state index in [-0.39, 0.29) is 6.04 Å². The maximum atomic E-state index is 6.19. The fourth-order valence-corrected chi connectivity index (χ4v) is 3.16. The monoisotopic (exact) mass is 246 g/mol. The zero-order valence-corrected chi connectivity index (χ0v) is 10.1. The molecule has 0 amide bonds. The van der Waals surface area contributed by atoms with Crippen LogP contribution in [0.4, 0.5) is 0 Å². The minimum atomic E-state index is -0.0646. The first-order chi connectivity index (χ1) is 7.84. The standard InChI is InChI=1S/C12H10N2S2/c13-12(8-1-3-15-7-8)9-5-11-10(14-6-9)2-4-16-11/h1-7,12H,13H2. The van der Waals surface area contributed by atoms with E-state index in [1.807, 2.05) is 17.6 Å². The topological polar surface area (TPSA) is 38.9 Å². The molecule has 4 heteroatoms. The quantitative estimate of drug-likeness (QED) is 0.752. The van der Waals surface area contributed by atoms with E-state index in [1.165, 1.54) is 4.70 Å². The molecule has 2 N–H and O–H groups in total. The number of pyridine rings is 1. The molecule has 0 bridgehead atoms. The Morgan fingerprint density at radius 3 is 2.94 bits per heavy atom. The summed E-state index contributed by atoms with van der Waals surface area (Å²) in [5.74, 6) is 0. The Bertz CT molecular complexity index is 598. The van der Waals surface area contributed by atoms with Gasteiger partial charge in [0.1, 0.15) is 0 Å². The number of rotatable bonds is 2. The van der Waals surface area contributed by atoms with Crippen molar-refractivity contribution < 1.29 is 0 Å². The van der Waals surface area contributed by atoms with Crippen molar-refractivity contribution in [3.8, 4) is 0 Å². The maximum absolute atomic E-state index is 6.19. The fourth-order valence-electron chi connectivity index (χ4n) is 1.68. The van der Waals surface area contributed by atoms with Gasteiger partial charge in [0.15, 0.2) is 0 Å². The Kier molecular flexibility index (Phi) is 2.47. The van der Waals surface area contributed by atoms with Crippen LogP contribution >= 0.6 is 22.7 Å². The number of fused-ring (bicyclic) bond motifs is 1. The first-order valence-electron chi connectivity index (χ1n) is 4.95. The van der Waals surface area contributed by atoms with Crippen LogP contribution < -0.4 is 5.73 Å². The van der Waals surface area contributed by atoms with E-state index in [4.69, 9.17) is 5.73 Å². The molecule has 1 atom stereocenters. The fraction of sp³-hybridized carbons (Fsp3) is 0.0833. The highest BCUT2D eigenvalue weighted by molar-refractivity contribution is 7.17. The van der Waals surface area contributed by atoms with Gasteiger partial charge in [-0.1, -0.05) is 0 Å². The van der Waals surface area contributed by atoms with Crippen molar-refractivity contribution >= 4 is 32.9 Å². The first-order valence-corrected chi connectivity index (χ1v) is 6.77. The number of nitrogens with two attached hydrogens (primary N) is 1. The normalized spacial score (nSPS) is 13.1. The van der Waals surface area contributed by atoms with E-state index in [1.54, 1.807) is 22.7 Å². The maximum Gasteiger partial charge on any atom is 0.0809 e. The molecule has 3 heterocycles. The zero-order chi connectivity index (χ0) is 11.0. The van der Waals surface area contributed by atoms with Crippen molar-refractivity contribution in [3.63, 3.8) is 0 Å². The molecule has 80 valence electrons. The van der Waals surface area contributed by atoms with Gasteiger partial charge >= 0.3 is 0 Å². The van der Waals surface area contributed by atoms with E-state index in [2.05, 4.69) is 27.9 Å². The summed E-state index contributed by atoms with van der Waals surface area (Å²) in [5, 5.41) is 6.19. The minimum absolute atomic E-state index is 0.0646. The summed E-state index contributed by atoms with van der Waals surface area (Å²) in [6, 6.07) is 6.16. The highest BCUT2D eigenvalue weighted by atomic mass is 32.1.